The van der Waals surface area contributed by atoms with Gasteiger partial charge >= 0.3 is 5.97 Å². The fourth-order valence-electron chi connectivity index (χ4n) is 9.87. The third kappa shape index (κ3) is 36.1. The van der Waals surface area contributed by atoms with Gasteiger partial charge in [0, 0.05) is 13.0 Å². The molecule has 0 amide bonds. The Balaban J connectivity index is 1.67. The molecule has 2 heterocycles. The third-order valence-corrected chi connectivity index (χ3v) is 14.9. The summed E-state index contributed by atoms with van der Waals surface area (Å²) in [6, 6.07) is 0. The largest absolute Gasteiger partial charge is 0.457 e. The van der Waals surface area contributed by atoms with E-state index in [-0.39, 0.29) is 25.6 Å². The number of esters is 1. The predicted octanol–water partition coefficient (Wildman–Crippen LogP) is 11.9. The molecule has 11 unspecified atom stereocenters. The predicted molar refractivity (Wildman–Crippen MR) is 307 cm³/mol. The summed E-state index contributed by atoms with van der Waals surface area (Å²) < 4.78 is 34.4. The Labute approximate surface area is 467 Å². The van der Waals surface area contributed by atoms with E-state index in [9.17, 15) is 40.5 Å². The molecular weight excluding hydrogens is 981 g/mol. The number of hydrogen-bond acceptors (Lipinski definition) is 14. The van der Waals surface area contributed by atoms with Crippen molar-refractivity contribution in [2.24, 2.45) is 0 Å². The van der Waals surface area contributed by atoms with Crippen LogP contribution in [0.2, 0.25) is 0 Å². The Morgan fingerprint density at radius 1 is 0.442 bits per heavy atom. The molecule has 0 aromatic rings. The number of rotatable bonds is 51. The highest BCUT2D eigenvalue weighted by Gasteiger charge is 2.47. The molecule has 0 spiro atoms. The standard InChI is InChI=1S/C63H114O14/c1-3-5-7-9-11-13-15-17-19-21-23-24-25-26-27-28-29-30-32-34-36-38-40-42-44-46-55(65)75-52(49-72-47-45-43-41-39-37-35-33-31-22-20-18-16-14-12-10-8-6-4-2)50-73-62-61(71)59(69)57(67)54(77-62)51-74-63-60(70)58(68)56(66)53(48-64)76-63/h6,8,12,14,18,20,31,33,52-54,56-64,66-71H,3-5,7,9-11,13,15-17,19,21-30,32,34-51H2,1-2H3/b8-6-,14-12-,20-18-,33-31-. The van der Waals surface area contributed by atoms with Crippen molar-refractivity contribution in [3.05, 3.63) is 48.6 Å². The van der Waals surface area contributed by atoms with E-state index < -0.39 is 80.7 Å². The van der Waals surface area contributed by atoms with Gasteiger partial charge in [-0.1, -0.05) is 236 Å². The van der Waals surface area contributed by atoms with Crippen LogP contribution in [0, 0.1) is 0 Å². The van der Waals surface area contributed by atoms with Gasteiger partial charge in [-0.15, -0.1) is 0 Å². The van der Waals surface area contributed by atoms with Crippen LogP contribution in [0.25, 0.3) is 0 Å². The van der Waals surface area contributed by atoms with E-state index in [1.807, 2.05) is 0 Å². The summed E-state index contributed by atoms with van der Waals surface area (Å²) in [6.07, 6.45) is 44.7. The van der Waals surface area contributed by atoms with Gasteiger partial charge in [-0.25, -0.2) is 0 Å². The molecule has 14 nitrogen and oxygen atoms in total. The van der Waals surface area contributed by atoms with Crippen LogP contribution in [-0.2, 0) is 33.2 Å². The molecule has 0 bridgehead atoms. The average molecular weight is 1100 g/mol. The van der Waals surface area contributed by atoms with E-state index in [1.165, 1.54) is 135 Å². The molecule has 2 fully saturated rings. The van der Waals surface area contributed by atoms with Crippen molar-refractivity contribution in [1.82, 2.24) is 0 Å². The minimum Gasteiger partial charge on any atom is -0.457 e. The summed E-state index contributed by atoms with van der Waals surface area (Å²) in [4.78, 5) is 13.1. The van der Waals surface area contributed by atoms with Crippen LogP contribution in [0.1, 0.15) is 245 Å². The second kappa shape index (κ2) is 49.7. The van der Waals surface area contributed by atoms with Gasteiger partial charge in [0.05, 0.1) is 26.4 Å². The minimum atomic E-state index is -1.71. The van der Waals surface area contributed by atoms with Crippen LogP contribution in [0.5, 0.6) is 0 Å². The maximum Gasteiger partial charge on any atom is 0.306 e. The first-order valence-electron chi connectivity index (χ1n) is 31.2. The SMILES string of the molecule is CC/C=C\C/C=C\C/C=C\C/C=C\CCCCCCCOCC(COC1OC(COC2OC(CO)C(O)C(O)C2O)C(O)C(O)C1O)OC(=O)CCCCCCCCCCCCCCCCCCCCCCCCCCC. The number of hydrogen-bond donors (Lipinski definition) is 7. The zero-order valence-corrected chi connectivity index (χ0v) is 48.4. The maximum atomic E-state index is 13.1. The normalized spacial score (nSPS) is 24.6. The molecule has 0 aliphatic carbocycles. The molecule has 450 valence electrons. The number of allylic oxidation sites excluding steroid dienone is 8. The van der Waals surface area contributed by atoms with Crippen LogP contribution in [0.3, 0.4) is 0 Å². The molecular formula is C63H114O14. The van der Waals surface area contributed by atoms with E-state index in [0.717, 1.165) is 83.5 Å². The highest BCUT2D eigenvalue weighted by atomic mass is 16.7. The second-order valence-corrected chi connectivity index (χ2v) is 21.9. The number of aliphatic hydroxyl groups is 7. The van der Waals surface area contributed by atoms with E-state index in [2.05, 4.69) is 62.5 Å². The van der Waals surface area contributed by atoms with Gasteiger partial charge < -0.3 is 64.2 Å². The summed E-state index contributed by atoms with van der Waals surface area (Å²) in [7, 11) is 0. The lowest BCUT2D eigenvalue weighted by atomic mass is 9.98. The van der Waals surface area contributed by atoms with Crippen molar-refractivity contribution in [3.63, 3.8) is 0 Å². The van der Waals surface area contributed by atoms with Gasteiger partial charge in [-0.3, -0.25) is 4.79 Å². The van der Waals surface area contributed by atoms with Gasteiger partial charge in [-0.05, 0) is 51.4 Å². The lowest BCUT2D eigenvalue weighted by Gasteiger charge is -2.42. The Morgan fingerprint density at radius 3 is 1.32 bits per heavy atom. The highest BCUT2D eigenvalue weighted by Crippen LogP contribution is 2.27. The molecule has 14 heteroatoms. The zero-order chi connectivity index (χ0) is 55.8. The second-order valence-electron chi connectivity index (χ2n) is 21.9. The molecule has 2 saturated heterocycles. The van der Waals surface area contributed by atoms with Crippen LogP contribution in [0.4, 0.5) is 0 Å². The van der Waals surface area contributed by atoms with E-state index >= 15 is 0 Å². The number of aliphatic hydroxyl groups excluding tert-OH is 7. The first-order chi connectivity index (χ1) is 37.6. The third-order valence-electron chi connectivity index (χ3n) is 14.9. The smallest absolute Gasteiger partial charge is 0.306 e. The van der Waals surface area contributed by atoms with Gasteiger partial charge in [0.1, 0.15) is 54.9 Å². The molecule has 0 radical (unpaired) electrons. The van der Waals surface area contributed by atoms with E-state index in [1.54, 1.807) is 0 Å². The van der Waals surface area contributed by atoms with Crippen molar-refractivity contribution in [2.75, 3.05) is 33.0 Å². The van der Waals surface area contributed by atoms with E-state index in [4.69, 9.17) is 28.4 Å². The first kappa shape index (κ1) is 71.1. The molecule has 0 saturated carbocycles. The lowest BCUT2D eigenvalue weighted by molar-refractivity contribution is -0.332. The molecule has 0 aromatic carbocycles. The average Bonchev–Trinajstić information content (AvgIpc) is 3.43. The van der Waals surface area contributed by atoms with Crippen molar-refractivity contribution >= 4 is 5.97 Å². The van der Waals surface area contributed by atoms with Gasteiger partial charge in [0.15, 0.2) is 12.6 Å². The monoisotopic (exact) mass is 1090 g/mol. The van der Waals surface area contributed by atoms with Crippen LogP contribution in [-0.4, -0.2) is 142 Å². The summed E-state index contributed by atoms with van der Waals surface area (Å²) in [5.74, 6) is -0.379. The van der Waals surface area contributed by atoms with Crippen LogP contribution < -0.4 is 0 Å². The highest BCUT2D eigenvalue weighted by molar-refractivity contribution is 5.69. The molecule has 2 aliphatic rings. The molecule has 77 heavy (non-hydrogen) atoms. The van der Waals surface area contributed by atoms with Crippen molar-refractivity contribution < 1.29 is 69.0 Å². The van der Waals surface area contributed by atoms with Gasteiger partial charge in [0.2, 0.25) is 0 Å². The summed E-state index contributed by atoms with van der Waals surface area (Å²) in [5, 5.41) is 72.4. The first-order valence-corrected chi connectivity index (χ1v) is 31.2. The summed E-state index contributed by atoms with van der Waals surface area (Å²) >= 11 is 0. The molecule has 0 aromatic heterocycles. The fourth-order valence-corrected chi connectivity index (χ4v) is 9.87. The van der Waals surface area contributed by atoms with Crippen molar-refractivity contribution in [3.8, 4) is 0 Å². The quantitative estimate of drug-likeness (QED) is 0.0172. The molecule has 7 N–H and O–H groups in total. The van der Waals surface area contributed by atoms with Crippen molar-refractivity contribution in [2.45, 2.75) is 313 Å². The zero-order valence-electron chi connectivity index (χ0n) is 48.4. The maximum absolute atomic E-state index is 13.1. The molecule has 2 aliphatic heterocycles. The van der Waals surface area contributed by atoms with Crippen molar-refractivity contribution in [1.29, 1.82) is 0 Å². The number of ether oxygens (including phenoxy) is 6. The molecule has 11 atom stereocenters. The molecule has 2 rings (SSSR count). The van der Waals surface area contributed by atoms with Gasteiger partial charge in [-0.2, -0.15) is 0 Å². The van der Waals surface area contributed by atoms with Crippen LogP contribution in [0.15, 0.2) is 48.6 Å². The number of carbonyl (C=O) groups is 1. The van der Waals surface area contributed by atoms with Crippen LogP contribution >= 0.6 is 0 Å². The number of unbranched alkanes of at least 4 members (excludes halogenated alkanes) is 29. The Hall–Kier alpha value is -2.05. The number of carbonyl (C=O) groups excluding carboxylic acids is 1. The Kier molecular flexibility index (Phi) is 45.9. The lowest BCUT2D eigenvalue weighted by Crippen LogP contribution is -2.61. The topological polar surface area (TPSA) is 214 Å². The van der Waals surface area contributed by atoms with E-state index in [0.29, 0.717) is 13.0 Å². The fraction of sp³-hybridized carbons (Fsp3) is 0.857. The Morgan fingerprint density at radius 2 is 0.844 bits per heavy atom. The minimum absolute atomic E-state index is 0.0503. The van der Waals surface area contributed by atoms with Gasteiger partial charge in [0.25, 0.3) is 0 Å². The summed E-state index contributed by atoms with van der Waals surface area (Å²) in [5.41, 5.74) is 0. The Bertz CT molecular complexity index is 1460. The summed E-state index contributed by atoms with van der Waals surface area (Å²) in [6.45, 7) is 3.57.